The van der Waals surface area contributed by atoms with Gasteiger partial charge in [0.2, 0.25) is 0 Å². The first kappa shape index (κ1) is 20.0. The van der Waals surface area contributed by atoms with Crippen molar-refractivity contribution in [2.75, 3.05) is 20.2 Å². The van der Waals surface area contributed by atoms with Crippen molar-refractivity contribution in [2.45, 2.75) is 38.4 Å². The van der Waals surface area contributed by atoms with Crippen molar-refractivity contribution in [3.05, 3.63) is 39.8 Å². The fraction of sp³-hybridized carbons (Fsp3) is 0.500. The van der Waals surface area contributed by atoms with Crippen LogP contribution in [0.25, 0.3) is 0 Å². The fourth-order valence-corrected chi connectivity index (χ4v) is 3.97. The molecule has 1 atom stereocenters. The molecule has 0 radical (unpaired) electrons. The second-order valence-electron chi connectivity index (χ2n) is 6.13. The number of benzene rings is 1. The number of methoxy groups -OCH3 is 1. The van der Waals surface area contributed by atoms with Gasteiger partial charge in [0.05, 0.1) is 17.7 Å². The van der Waals surface area contributed by atoms with E-state index < -0.39 is 5.60 Å². The number of hydrogen-bond acceptors (Lipinski definition) is 6. The molecule has 7 heteroatoms. The summed E-state index contributed by atoms with van der Waals surface area (Å²) >= 11 is 1.56. The second-order valence-corrected chi connectivity index (χ2v) is 7.21. The lowest BCUT2D eigenvalue weighted by atomic mass is 9.96. The molecule has 1 aromatic carbocycles. The molecule has 0 aliphatic carbocycles. The number of aryl methyl sites for hydroxylation is 1. The number of rotatable bonds is 5. The Morgan fingerprint density at radius 1 is 1.20 bits per heavy atom. The van der Waals surface area contributed by atoms with Crippen molar-refractivity contribution in [3.8, 4) is 11.5 Å². The van der Waals surface area contributed by atoms with E-state index in [-0.39, 0.29) is 12.4 Å². The van der Waals surface area contributed by atoms with Crippen LogP contribution < -0.4 is 14.8 Å². The average Bonchev–Trinajstić information content (AvgIpc) is 2.83. The lowest BCUT2D eigenvalue weighted by molar-refractivity contribution is 0.0237. The first-order valence-corrected chi connectivity index (χ1v) is 9.09. The molecular weight excluding hydrogens is 360 g/mol. The fourth-order valence-electron chi connectivity index (χ4n) is 2.85. The minimum Gasteiger partial charge on any atom is -0.497 e. The van der Waals surface area contributed by atoms with Gasteiger partial charge < -0.3 is 19.9 Å². The molecule has 0 saturated carbocycles. The Morgan fingerprint density at radius 3 is 2.64 bits per heavy atom. The Kier molecular flexibility index (Phi) is 7.07. The van der Waals surface area contributed by atoms with E-state index in [0.717, 1.165) is 53.0 Å². The summed E-state index contributed by atoms with van der Waals surface area (Å²) in [7, 11) is 1.64. The Balaban J connectivity index is 0.00000225. The van der Waals surface area contributed by atoms with Gasteiger partial charge >= 0.3 is 0 Å². The number of nitrogens with one attached hydrogen (secondary N) is 1. The topological polar surface area (TPSA) is 63.6 Å². The van der Waals surface area contributed by atoms with E-state index in [1.807, 2.05) is 31.2 Å². The monoisotopic (exact) mass is 384 g/mol. The molecule has 1 aromatic heterocycles. The van der Waals surface area contributed by atoms with Crippen molar-refractivity contribution in [2.24, 2.45) is 0 Å². The summed E-state index contributed by atoms with van der Waals surface area (Å²) in [5.41, 5.74) is 0.131. The quantitative estimate of drug-likeness (QED) is 0.826. The van der Waals surface area contributed by atoms with E-state index >= 15 is 0 Å². The summed E-state index contributed by atoms with van der Waals surface area (Å²) in [5, 5.41) is 15.1. The minimum atomic E-state index is -0.808. The average molecular weight is 385 g/mol. The number of thiazole rings is 1. The van der Waals surface area contributed by atoms with Gasteiger partial charge in [-0.3, -0.25) is 0 Å². The predicted molar refractivity (Wildman–Crippen MR) is 102 cm³/mol. The van der Waals surface area contributed by atoms with Gasteiger partial charge in [-0.1, -0.05) is 0 Å². The maximum atomic E-state index is 11.0. The molecule has 1 fully saturated rings. The van der Waals surface area contributed by atoms with Crippen LogP contribution in [0, 0.1) is 6.92 Å². The first-order chi connectivity index (χ1) is 11.6. The largest absolute Gasteiger partial charge is 0.497 e. The molecule has 1 aliphatic rings. The summed E-state index contributed by atoms with van der Waals surface area (Å²) in [6.45, 7) is 4.22. The molecule has 0 amide bonds. The van der Waals surface area contributed by atoms with Gasteiger partial charge in [0.25, 0.3) is 0 Å². The van der Waals surface area contributed by atoms with E-state index in [0.29, 0.717) is 13.0 Å². The summed E-state index contributed by atoms with van der Waals surface area (Å²) < 4.78 is 11.0. The molecule has 0 bridgehead atoms. The summed E-state index contributed by atoms with van der Waals surface area (Å²) in [6, 6.07) is 7.53. The van der Waals surface area contributed by atoms with Gasteiger partial charge in [-0.2, -0.15) is 0 Å². The first-order valence-electron chi connectivity index (χ1n) is 8.27. The SMILES string of the molecule is COc1ccc(OCc2sc(C3(O)CCCNCC3)nc2C)cc1.Cl. The highest BCUT2D eigenvalue weighted by molar-refractivity contribution is 7.11. The van der Waals surface area contributed by atoms with Crippen LogP contribution in [0.5, 0.6) is 11.5 Å². The Morgan fingerprint density at radius 2 is 1.92 bits per heavy atom. The Hall–Kier alpha value is -1.34. The van der Waals surface area contributed by atoms with Crippen molar-refractivity contribution in [1.82, 2.24) is 10.3 Å². The molecule has 3 rings (SSSR count). The zero-order valence-electron chi connectivity index (χ0n) is 14.6. The lowest BCUT2D eigenvalue weighted by Crippen LogP contribution is -2.27. The van der Waals surface area contributed by atoms with Crippen LogP contribution in [0.15, 0.2) is 24.3 Å². The third kappa shape index (κ3) is 4.85. The van der Waals surface area contributed by atoms with Gasteiger partial charge in [-0.25, -0.2) is 4.98 Å². The van der Waals surface area contributed by atoms with Gasteiger partial charge in [-0.05, 0) is 63.5 Å². The normalized spacial score (nSPS) is 20.4. The molecule has 1 saturated heterocycles. The number of aromatic nitrogens is 1. The van der Waals surface area contributed by atoms with Gasteiger partial charge in [-0.15, -0.1) is 23.7 Å². The minimum absolute atomic E-state index is 0. The standard InChI is InChI=1S/C18H24N2O3S.ClH/c1-13-16(12-23-15-6-4-14(22-2)5-7-15)24-17(20-13)18(21)8-3-10-19-11-9-18;/h4-7,19,21H,3,8-12H2,1-2H3;1H. The molecular formula is C18H25ClN2O3S. The molecule has 2 heterocycles. The highest BCUT2D eigenvalue weighted by Crippen LogP contribution is 2.35. The molecule has 0 spiro atoms. The maximum absolute atomic E-state index is 11.0. The van der Waals surface area contributed by atoms with Crippen LogP contribution in [0.2, 0.25) is 0 Å². The Labute approximate surface area is 158 Å². The van der Waals surface area contributed by atoms with Gasteiger partial charge in [0.1, 0.15) is 28.7 Å². The predicted octanol–water partition coefficient (Wildman–Crippen LogP) is 3.42. The van der Waals surface area contributed by atoms with Crippen molar-refractivity contribution in [1.29, 1.82) is 0 Å². The summed E-state index contributed by atoms with van der Waals surface area (Å²) in [5.74, 6) is 1.60. The van der Waals surface area contributed by atoms with Crippen LogP contribution in [-0.4, -0.2) is 30.3 Å². The van der Waals surface area contributed by atoms with E-state index in [4.69, 9.17) is 9.47 Å². The molecule has 5 nitrogen and oxygen atoms in total. The van der Waals surface area contributed by atoms with Crippen molar-refractivity contribution < 1.29 is 14.6 Å². The van der Waals surface area contributed by atoms with Gasteiger partial charge in [0, 0.05) is 0 Å². The zero-order chi connectivity index (χ0) is 17.0. The van der Waals surface area contributed by atoms with E-state index in [1.165, 1.54) is 0 Å². The molecule has 2 N–H and O–H groups in total. The number of nitrogens with zero attached hydrogens (tertiary/aromatic N) is 1. The molecule has 1 unspecified atom stereocenters. The van der Waals surface area contributed by atoms with Crippen LogP contribution in [0.1, 0.15) is 34.8 Å². The molecule has 2 aromatic rings. The summed E-state index contributed by atoms with van der Waals surface area (Å²) in [6.07, 6.45) is 2.43. The molecule has 25 heavy (non-hydrogen) atoms. The third-order valence-electron chi connectivity index (χ3n) is 4.38. The van der Waals surface area contributed by atoms with Crippen LogP contribution >= 0.6 is 23.7 Å². The molecule has 1 aliphatic heterocycles. The number of aliphatic hydroxyl groups is 1. The van der Waals surface area contributed by atoms with Crippen LogP contribution in [0.4, 0.5) is 0 Å². The van der Waals surface area contributed by atoms with E-state index in [2.05, 4.69) is 10.3 Å². The number of halogens is 1. The maximum Gasteiger partial charge on any atom is 0.125 e. The molecule has 138 valence electrons. The highest BCUT2D eigenvalue weighted by atomic mass is 35.5. The summed E-state index contributed by atoms with van der Waals surface area (Å²) in [4.78, 5) is 5.69. The van der Waals surface area contributed by atoms with Crippen LogP contribution in [0.3, 0.4) is 0 Å². The highest BCUT2D eigenvalue weighted by Gasteiger charge is 2.33. The lowest BCUT2D eigenvalue weighted by Gasteiger charge is -2.23. The second kappa shape index (κ2) is 8.85. The number of hydrogen-bond donors (Lipinski definition) is 2. The smallest absolute Gasteiger partial charge is 0.125 e. The van der Waals surface area contributed by atoms with Gasteiger partial charge in [0.15, 0.2) is 0 Å². The van der Waals surface area contributed by atoms with Crippen LogP contribution in [-0.2, 0) is 12.2 Å². The number of ether oxygens (including phenoxy) is 2. The Bertz CT molecular complexity index is 667. The third-order valence-corrected chi connectivity index (χ3v) is 5.70. The van der Waals surface area contributed by atoms with Crippen molar-refractivity contribution >= 4 is 23.7 Å². The van der Waals surface area contributed by atoms with E-state index in [9.17, 15) is 5.11 Å². The van der Waals surface area contributed by atoms with Crippen molar-refractivity contribution in [3.63, 3.8) is 0 Å². The van der Waals surface area contributed by atoms with E-state index in [1.54, 1.807) is 18.4 Å². The zero-order valence-corrected chi connectivity index (χ0v) is 16.2.